The summed E-state index contributed by atoms with van der Waals surface area (Å²) in [4.78, 5) is 34.0. The van der Waals surface area contributed by atoms with E-state index in [4.69, 9.17) is 0 Å². The normalized spacial score (nSPS) is 15.4. The molecule has 0 spiro atoms. The molecule has 2 aromatic heterocycles. The number of piperidine rings is 1. The lowest BCUT2D eigenvalue weighted by Crippen LogP contribution is -2.41. The first-order valence-electron chi connectivity index (χ1n) is 8.28. The summed E-state index contributed by atoms with van der Waals surface area (Å²) in [6.45, 7) is 1.17. The molecule has 25 heavy (non-hydrogen) atoms. The number of carbonyl (C=O) groups is 2. The molecule has 0 saturated carbocycles. The van der Waals surface area contributed by atoms with Crippen LogP contribution in [0.15, 0.2) is 41.9 Å². The quantitative estimate of drug-likeness (QED) is 0.758. The third kappa shape index (κ3) is 3.28. The number of hydrogen-bond donors (Lipinski definition) is 2. The molecule has 2 N–H and O–H groups in total. The zero-order chi connectivity index (χ0) is 17.2. The maximum atomic E-state index is 12.7. The molecule has 7 heteroatoms. The largest absolute Gasteiger partial charge is 0.351 e. The van der Waals surface area contributed by atoms with Gasteiger partial charge in [0.2, 0.25) is 5.91 Å². The van der Waals surface area contributed by atoms with E-state index in [1.165, 1.54) is 11.3 Å². The molecule has 1 aromatic carbocycles. The number of para-hydroxylation sites is 1. The molecule has 1 aliphatic rings. The summed E-state index contributed by atoms with van der Waals surface area (Å²) >= 11 is 1.41. The summed E-state index contributed by atoms with van der Waals surface area (Å²) in [5.41, 5.74) is 1.57. The molecule has 4 rings (SSSR count). The van der Waals surface area contributed by atoms with Crippen LogP contribution in [0.25, 0.3) is 10.9 Å². The molecule has 0 atom stereocenters. The van der Waals surface area contributed by atoms with Crippen molar-refractivity contribution in [1.82, 2.24) is 14.9 Å². The lowest BCUT2D eigenvalue weighted by molar-refractivity contribution is -0.121. The lowest BCUT2D eigenvalue weighted by Gasteiger charge is -2.30. The molecule has 128 valence electrons. The van der Waals surface area contributed by atoms with Crippen molar-refractivity contribution in [3.63, 3.8) is 0 Å². The van der Waals surface area contributed by atoms with Crippen LogP contribution in [-0.4, -0.2) is 39.8 Å². The predicted molar refractivity (Wildman–Crippen MR) is 97.7 cm³/mol. The van der Waals surface area contributed by atoms with Crippen LogP contribution in [0.1, 0.15) is 23.3 Å². The number of carbonyl (C=O) groups excluding carboxylic acids is 2. The van der Waals surface area contributed by atoms with Gasteiger partial charge in [-0.05, 0) is 25.0 Å². The van der Waals surface area contributed by atoms with Gasteiger partial charge in [0.1, 0.15) is 5.69 Å². The highest BCUT2D eigenvalue weighted by Gasteiger charge is 2.28. The maximum Gasteiger partial charge on any atom is 0.270 e. The van der Waals surface area contributed by atoms with E-state index < -0.39 is 0 Å². The highest BCUT2D eigenvalue weighted by atomic mass is 32.1. The number of nitrogens with one attached hydrogen (secondary N) is 2. The number of fused-ring (bicyclic) bond motifs is 1. The molecule has 0 radical (unpaired) electrons. The number of nitrogens with zero attached hydrogens (tertiary/aromatic N) is 2. The fourth-order valence-electron chi connectivity index (χ4n) is 3.20. The topological polar surface area (TPSA) is 78.1 Å². The van der Waals surface area contributed by atoms with Crippen molar-refractivity contribution < 1.29 is 9.59 Å². The Morgan fingerprint density at radius 1 is 1.24 bits per heavy atom. The van der Waals surface area contributed by atoms with Crippen LogP contribution >= 0.6 is 11.3 Å². The summed E-state index contributed by atoms with van der Waals surface area (Å²) in [5.74, 6) is -0.0849. The van der Waals surface area contributed by atoms with Crippen LogP contribution in [0.4, 0.5) is 5.13 Å². The second-order valence-electron chi connectivity index (χ2n) is 6.16. The Morgan fingerprint density at radius 2 is 2.04 bits per heavy atom. The van der Waals surface area contributed by atoms with E-state index in [9.17, 15) is 9.59 Å². The Bertz CT molecular complexity index is 862. The van der Waals surface area contributed by atoms with E-state index in [2.05, 4.69) is 15.3 Å². The number of likely N-dealkylation sites (tertiary alicyclic amines) is 1. The fourth-order valence-corrected chi connectivity index (χ4v) is 3.73. The number of hydrogen-bond acceptors (Lipinski definition) is 4. The molecule has 3 heterocycles. The smallest absolute Gasteiger partial charge is 0.270 e. The van der Waals surface area contributed by atoms with Crippen LogP contribution in [-0.2, 0) is 4.79 Å². The monoisotopic (exact) mass is 354 g/mol. The van der Waals surface area contributed by atoms with Crippen molar-refractivity contribution >= 4 is 39.2 Å². The van der Waals surface area contributed by atoms with Gasteiger partial charge in [0.05, 0.1) is 0 Å². The number of H-pyrrole nitrogens is 1. The zero-order valence-electron chi connectivity index (χ0n) is 13.6. The third-order valence-electron chi connectivity index (χ3n) is 4.58. The van der Waals surface area contributed by atoms with Crippen LogP contribution < -0.4 is 5.32 Å². The van der Waals surface area contributed by atoms with Crippen molar-refractivity contribution in [2.75, 3.05) is 18.4 Å². The van der Waals surface area contributed by atoms with E-state index in [-0.39, 0.29) is 17.7 Å². The van der Waals surface area contributed by atoms with E-state index in [0.717, 1.165) is 10.9 Å². The second-order valence-corrected chi connectivity index (χ2v) is 7.06. The van der Waals surface area contributed by atoms with Crippen molar-refractivity contribution in [3.05, 3.63) is 47.6 Å². The minimum Gasteiger partial charge on any atom is -0.351 e. The van der Waals surface area contributed by atoms with Gasteiger partial charge in [0, 0.05) is 41.5 Å². The Balaban J connectivity index is 1.37. The fraction of sp³-hybridized carbons (Fsp3) is 0.278. The molecular formula is C18H18N4O2S. The van der Waals surface area contributed by atoms with Crippen LogP contribution in [0.2, 0.25) is 0 Å². The summed E-state index contributed by atoms with van der Waals surface area (Å²) < 4.78 is 0. The van der Waals surface area contributed by atoms with Crippen LogP contribution in [0.5, 0.6) is 0 Å². The standard InChI is InChI=1S/C18H18N4O2S/c23-16(21-18-19-7-10-25-18)12-5-8-22(9-6-12)17(24)15-11-13-3-1-2-4-14(13)20-15/h1-4,7,10-12,20H,5-6,8-9H2,(H,19,21,23). The molecule has 3 aromatic rings. The molecule has 2 amide bonds. The van der Waals surface area contributed by atoms with Gasteiger partial charge in [-0.15, -0.1) is 11.3 Å². The Hall–Kier alpha value is -2.67. The van der Waals surface area contributed by atoms with Gasteiger partial charge < -0.3 is 15.2 Å². The minimum atomic E-state index is -0.0735. The summed E-state index contributed by atoms with van der Waals surface area (Å²) in [6.07, 6.45) is 3.01. The number of benzene rings is 1. The number of anilines is 1. The summed E-state index contributed by atoms with van der Waals surface area (Å²) in [6, 6.07) is 9.73. The van der Waals surface area contributed by atoms with Crippen molar-refractivity contribution in [1.29, 1.82) is 0 Å². The van der Waals surface area contributed by atoms with E-state index in [0.29, 0.717) is 36.8 Å². The zero-order valence-corrected chi connectivity index (χ0v) is 14.4. The Labute approximate surface area is 148 Å². The van der Waals surface area contributed by atoms with Crippen molar-refractivity contribution in [2.45, 2.75) is 12.8 Å². The maximum absolute atomic E-state index is 12.7. The van der Waals surface area contributed by atoms with Gasteiger partial charge in [-0.3, -0.25) is 9.59 Å². The molecule has 0 unspecified atom stereocenters. The number of aromatic nitrogens is 2. The van der Waals surface area contributed by atoms with Crippen LogP contribution in [0.3, 0.4) is 0 Å². The SMILES string of the molecule is O=C(Nc1nccs1)C1CCN(C(=O)c2cc3ccccc3[nH]2)CC1. The second kappa shape index (κ2) is 6.68. The van der Waals surface area contributed by atoms with Crippen molar-refractivity contribution in [3.8, 4) is 0 Å². The van der Waals surface area contributed by atoms with Gasteiger partial charge in [-0.1, -0.05) is 18.2 Å². The number of rotatable bonds is 3. The van der Waals surface area contributed by atoms with Gasteiger partial charge in [0.25, 0.3) is 5.91 Å². The lowest BCUT2D eigenvalue weighted by atomic mass is 9.96. The first-order valence-corrected chi connectivity index (χ1v) is 9.16. The van der Waals surface area contributed by atoms with Gasteiger partial charge in [0.15, 0.2) is 5.13 Å². The summed E-state index contributed by atoms with van der Waals surface area (Å²) in [7, 11) is 0. The predicted octanol–water partition coefficient (Wildman–Crippen LogP) is 3.12. The minimum absolute atomic E-state index is 0.00465. The number of aromatic amines is 1. The molecular weight excluding hydrogens is 336 g/mol. The summed E-state index contributed by atoms with van der Waals surface area (Å²) in [5, 5.41) is 6.33. The number of amides is 2. The first-order chi connectivity index (χ1) is 12.2. The molecule has 6 nitrogen and oxygen atoms in total. The molecule has 1 saturated heterocycles. The van der Waals surface area contributed by atoms with E-state index in [1.807, 2.05) is 40.6 Å². The van der Waals surface area contributed by atoms with E-state index in [1.54, 1.807) is 6.20 Å². The molecule has 1 aliphatic heterocycles. The highest BCUT2D eigenvalue weighted by molar-refractivity contribution is 7.13. The van der Waals surface area contributed by atoms with E-state index >= 15 is 0 Å². The van der Waals surface area contributed by atoms with Gasteiger partial charge in [-0.2, -0.15) is 0 Å². The van der Waals surface area contributed by atoms with Crippen molar-refractivity contribution in [2.24, 2.45) is 5.92 Å². The Morgan fingerprint density at radius 3 is 2.76 bits per heavy atom. The molecule has 1 fully saturated rings. The molecule has 0 bridgehead atoms. The number of thiazole rings is 1. The first kappa shape index (κ1) is 15.8. The average Bonchev–Trinajstić information content (AvgIpc) is 3.30. The van der Waals surface area contributed by atoms with Crippen LogP contribution in [0, 0.1) is 5.92 Å². The van der Waals surface area contributed by atoms with Gasteiger partial charge >= 0.3 is 0 Å². The highest BCUT2D eigenvalue weighted by Crippen LogP contribution is 2.23. The third-order valence-corrected chi connectivity index (χ3v) is 5.26. The van der Waals surface area contributed by atoms with Gasteiger partial charge in [-0.25, -0.2) is 4.98 Å². The molecule has 0 aliphatic carbocycles. The Kier molecular flexibility index (Phi) is 4.23. The average molecular weight is 354 g/mol.